The van der Waals surface area contributed by atoms with E-state index in [4.69, 9.17) is 4.74 Å². The first-order chi connectivity index (χ1) is 18.6. The van der Waals surface area contributed by atoms with Crippen molar-refractivity contribution in [2.24, 2.45) is 0 Å². The summed E-state index contributed by atoms with van der Waals surface area (Å²) in [4.78, 5) is 24.4. The van der Waals surface area contributed by atoms with Crippen LogP contribution in [0, 0.1) is 10.1 Å². The number of fused-ring (bicyclic) bond motifs is 1. The summed E-state index contributed by atoms with van der Waals surface area (Å²) in [5.74, 6) is 0.652. The average molecular weight is 553 g/mol. The summed E-state index contributed by atoms with van der Waals surface area (Å²) in [6, 6.07) is 12.5. The molecule has 206 valence electrons. The van der Waals surface area contributed by atoms with Crippen molar-refractivity contribution in [3.05, 3.63) is 65.0 Å². The van der Waals surface area contributed by atoms with Gasteiger partial charge in [0.15, 0.2) is 0 Å². The van der Waals surface area contributed by atoms with E-state index in [2.05, 4.69) is 15.3 Å². The number of anilines is 3. The van der Waals surface area contributed by atoms with E-state index >= 15 is 0 Å². The second kappa shape index (κ2) is 11.8. The smallest absolute Gasteiger partial charge is 0.294 e. The molecular weight excluding hydrogens is 520 g/mol. The van der Waals surface area contributed by atoms with Crippen LogP contribution in [0.3, 0.4) is 0 Å². The van der Waals surface area contributed by atoms with Crippen LogP contribution in [0.5, 0.6) is 5.75 Å². The van der Waals surface area contributed by atoms with E-state index in [1.807, 2.05) is 55.2 Å². The third-order valence-electron chi connectivity index (χ3n) is 6.12. The minimum atomic E-state index is -1.42. The van der Waals surface area contributed by atoms with Gasteiger partial charge in [0.05, 0.1) is 28.9 Å². The topological polar surface area (TPSA) is 122 Å². The van der Waals surface area contributed by atoms with Crippen LogP contribution < -0.4 is 15.0 Å². The van der Waals surface area contributed by atoms with Gasteiger partial charge in [-0.3, -0.25) is 14.1 Å². The first-order valence-corrected chi connectivity index (χ1v) is 13.2. The highest BCUT2D eigenvalue weighted by Crippen LogP contribution is 2.39. The van der Waals surface area contributed by atoms with Crippen molar-refractivity contribution >= 4 is 45.1 Å². The van der Waals surface area contributed by atoms with Crippen molar-refractivity contribution in [3.8, 4) is 17.0 Å². The van der Waals surface area contributed by atoms with Crippen LogP contribution in [-0.2, 0) is 11.2 Å². The highest BCUT2D eigenvalue weighted by molar-refractivity contribution is 7.81. The summed E-state index contributed by atoms with van der Waals surface area (Å²) in [6.45, 7) is 1.33. The first-order valence-electron chi connectivity index (χ1n) is 12.1. The van der Waals surface area contributed by atoms with E-state index < -0.39 is 16.1 Å². The van der Waals surface area contributed by atoms with Gasteiger partial charge in [-0.25, -0.2) is 18.5 Å². The Hall–Kier alpha value is -4.07. The van der Waals surface area contributed by atoms with E-state index in [0.717, 1.165) is 23.0 Å². The summed E-state index contributed by atoms with van der Waals surface area (Å²) in [7, 11) is 10.7. The summed E-state index contributed by atoms with van der Waals surface area (Å²) in [5.41, 5.74) is 2.93. The molecule has 0 amide bonds. The number of likely N-dealkylation sites (N-methyl/N-ethyl adjacent to an activating group) is 2. The van der Waals surface area contributed by atoms with Crippen molar-refractivity contribution in [3.63, 3.8) is 0 Å². The van der Waals surface area contributed by atoms with Gasteiger partial charge in [0.1, 0.15) is 11.4 Å². The van der Waals surface area contributed by atoms with Gasteiger partial charge < -0.3 is 19.9 Å². The van der Waals surface area contributed by atoms with Crippen molar-refractivity contribution in [2.75, 3.05) is 65.7 Å². The zero-order valence-electron chi connectivity index (χ0n) is 22.8. The standard InChI is InChI=1S/C26H32N8O4S/c1-30(2)13-14-32(5)23-16-25(38-6)21(15-24(23)34(35)36)29-26-27-12-11-20(28-26)19-17-33(39(37)31(3)4)22-10-8-7-9-18(19)22/h7-12,15-17H,13-14H2,1-6H3,(H,27,28,29). The van der Waals surface area contributed by atoms with E-state index in [-0.39, 0.29) is 11.6 Å². The molecule has 39 heavy (non-hydrogen) atoms. The lowest BCUT2D eigenvalue weighted by molar-refractivity contribution is -0.384. The Balaban J connectivity index is 1.72. The molecule has 2 aromatic heterocycles. The number of nitro groups is 1. The highest BCUT2D eigenvalue weighted by Gasteiger charge is 2.23. The van der Waals surface area contributed by atoms with E-state index in [9.17, 15) is 14.3 Å². The van der Waals surface area contributed by atoms with E-state index in [0.29, 0.717) is 29.4 Å². The summed E-state index contributed by atoms with van der Waals surface area (Å²) in [5, 5.41) is 15.9. The number of ether oxygens (including phenoxy) is 1. The number of nitrogens with one attached hydrogen (secondary N) is 1. The molecule has 2 heterocycles. The molecule has 0 saturated heterocycles. The Morgan fingerprint density at radius 2 is 1.85 bits per heavy atom. The third kappa shape index (κ3) is 6.00. The summed E-state index contributed by atoms with van der Waals surface area (Å²) >= 11 is -1.42. The van der Waals surface area contributed by atoms with Crippen LogP contribution in [0.4, 0.5) is 23.0 Å². The molecule has 1 atom stereocenters. The van der Waals surface area contributed by atoms with Gasteiger partial charge in [0.2, 0.25) is 17.1 Å². The van der Waals surface area contributed by atoms with Gasteiger partial charge in [-0.1, -0.05) is 18.2 Å². The molecule has 0 saturated carbocycles. The maximum absolute atomic E-state index is 12.9. The number of rotatable bonds is 11. The summed E-state index contributed by atoms with van der Waals surface area (Å²) in [6.07, 6.45) is 3.40. The van der Waals surface area contributed by atoms with Gasteiger partial charge in [0, 0.05) is 69.7 Å². The molecule has 2 aromatic carbocycles. The molecule has 0 aliphatic carbocycles. The lowest BCUT2D eigenvalue weighted by atomic mass is 10.1. The zero-order valence-corrected chi connectivity index (χ0v) is 23.6. The number of aromatic nitrogens is 3. The lowest BCUT2D eigenvalue weighted by Gasteiger charge is -2.22. The van der Waals surface area contributed by atoms with Crippen LogP contribution in [0.25, 0.3) is 22.2 Å². The van der Waals surface area contributed by atoms with Crippen molar-refractivity contribution in [2.45, 2.75) is 0 Å². The number of nitrogens with zero attached hydrogens (tertiary/aromatic N) is 7. The monoisotopic (exact) mass is 552 g/mol. The number of hydrogen-bond donors (Lipinski definition) is 1. The fraction of sp³-hybridized carbons (Fsp3) is 0.308. The number of methoxy groups -OCH3 is 1. The van der Waals surface area contributed by atoms with Gasteiger partial charge in [-0.15, -0.1) is 0 Å². The predicted molar refractivity (Wildman–Crippen MR) is 155 cm³/mol. The fourth-order valence-corrected chi connectivity index (χ4v) is 4.97. The van der Waals surface area contributed by atoms with Crippen molar-refractivity contribution in [1.29, 1.82) is 0 Å². The Morgan fingerprint density at radius 1 is 1.10 bits per heavy atom. The fourth-order valence-electron chi connectivity index (χ4n) is 4.10. The van der Waals surface area contributed by atoms with Gasteiger partial charge in [-0.05, 0) is 26.2 Å². The Labute approximate surface area is 229 Å². The molecule has 0 aliphatic rings. The third-order valence-corrected chi connectivity index (χ3v) is 7.39. The second-order valence-electron chi connectivity index (χ2n) is 9.34. The number of hydrogen-bond acceptors (Lipinski definition) is 9. The Kier molecular flexibility index (Phi) is 8.43. The van der Waals surface area contributed by atoms with Gasteiger partial charge >= 0.3 is 0 Å². The van der Waals surface area contributed by atoms with Crippen LogP contribution >= 0.6 is 0 Å². The zero-order chi connectivity index (χ0) is 28.3. The molecule has 4 rings (SSSR count). The predicted octanol–water partition coefficient (Wildman–Crippen LogP) is 3.74. The number of benzene rings is 2. The quantitative estimate of drug-likeness (QED) is 0.219. The maximum Gasteiger partial charge on any atom is 0.294 e. The Bertz CT molecular complexity index is 1520. The molecule has 0 radical (unpaired) electrons. The molecular formula is C26H32N8O4S. The highest BCUT2D eigenvalue weighted by atomic mass is 32.2. The molecule has 0 bridgehead atoms. The number of nitro benzene ring substituents is 1. The molecule has 1 unspecified atom stereocenters. The lowest BCUT2D eigenvalue weighted by Crippen LogP contribution is -2.28. The average Bonchev–Trinajstić information content (AvgIpc) is 3.30. The van der Waals surface area contributed by atoms with Crippen LogP contribution in [-0.4, -0.2) is 87.7 Å². The normalized spacial score (nSPS) is 12.2. The van der Waals surface area contributed by atoms with E-state index in [1.165, 1.54) is 13.2 Å². The second-order valence-corrected chi connectivity index (χ2v) is 10.9. The molecule has 1 N–H and O–H groups in total. The molecule has 13 heteroatoms. The van der Waals surface area contributed by atoms with Gasteiger partial charge in [-0.2, -0.15) is 0 Å². The van der Waals surface area contributed by atoms with E-state index in [1.54, 1.807) is 46.9 Å². The first kappa shape index (κ1) is 28.0. The van der Waals surface area contributed by atoms with Crippen LogP contribution in [0.15, 0.2) is 54.9 Å². The summed E-state index contributed by atoms with van der Waals surface area (Å²) < 4.78 is 21.8. The molecule has 0 aliphatic heterocycles. The maximum atomic E-state index is 12.9. The molecule has 4 aromatic rings. The largest absolute Gasteiger partial charge is 0.494 e. The minimum Gasteiger partial charge on any atom is -0.494 e. The van der Waals surface area contributed by atoms with Crippen molar-refractivity contribution in [1.82, 2.24) is 23.1 Å². The van der Waals surface area contributed by atoms with Gasteiger partial charge in [0.25, 0.3) is 5.69 Å². The molecule has 0 spiro atoms. The number of para-hydroxylation sites is 1. The van der Waals surface area contributed by atoms with Crippen molar-refractivity contribution < 1.29 is 13.9 Å². The SMILES string of the molecule is COc1cc(N(C)CCN(C)C)c([N+](=O)[O-])cc1Nc1nccc(-c2cn(S(=O)N(C)C)c3ccccc23)n1. The van der Waals surface area contributed by atoms with Crippen LogP contribution in [0.1, 0.15) is 0 Å². The molecule has 12 nitrogen and oxygen atoms in total. The Morgan fingerprint density at radius 3 is 2.51 bits per heavy atom. The molecule has 0 fully saturated rings. The van der Waals surface area contributed by atoms with Crippen LogP contribution in [0.2, 0.25) is 0 Å². The minimum absolute atomic E-state index is 0.0649.